The summed E-state index contributed by atoms with van der Waals surface area (Å²) < 4.78 is 0. The van der Waals surface area contributed by atoms with E-state index in [1.165, 1.54) is 17.4 Å². The number of carbonyl (C=O) groups is 1. The number of nitrogens with zero attached hydrogens (tertiary/aromatic N) is 1. The van der Waals surface area contributed by atoms with E-state index in [0.717, 1.165) is 25.0 Å². The molecule has 0 spiro atoms. The maximum Gasteiger partial charge on any atom is 0.327 e. The first kappa shape index (κ1) is 16.0. The van der Waals surface area contributed by atoms with Crippen LogP contribution in [0.1, 0.15) is 51.6 Å². The number of hydrogen-bond donors (Lipinski definition) is 2. The average molecular weight is 308 g/mol. The highest BCUT2D eigenvalue weighted by Gasteiger charge is 2.36. The minimum atomic E-state index is -0.885. The van der Waals surface area contributed by atoms with E-state index in [1.54, 1.807) is 0 Å². The van der Waals surface area contributed by atoms with Gasteiger partial charge in [-0.05, 0) is 36.5 Å². The second kappa shape index (κ2) is 6.18. The second-order valence-corrected chi connectivity index (χ2v) is 7.84. The first-order chi connectivity index (χ1) is 9.77. The van der Waals surface area contributed by atoms with Gasteiger partial charge < -0.3 is 10.8 Å². The van der Waals surface area contributed by atoms with Crippen molar-refractivity contribution in [3.63, 3.8) is 0 Å². The van der Waals surface area contributed by atoms with Crippen molar-refractivity contribution in [1.82, 2.24) is 4.98 Å². The van der Waals surface area contributed by atoms with Gasteiger partial charge in [0.15, 0.2) is 5.13 Å². The fraction of sp³-hybridized carbons (Fsp3) is 0.625. The highest BCUT2D eigenvalue weighted by Crippen LogP contribution is 2.47. The highest BCUT2D eigenvalue weighted by molar-refractivity contribution is 7.13. The number of nitrogens with two attached hydrogens (primary N) is 1. The summed E-state index contributed by atoms with van der Waals surface area (Å²) in [7, 11) is 0. The number of aliphatic carboxylic acids is 1. The van der Waals surface area contributed by atoms with E-state index in [2.05, 4.69) is 25.8 Å². The van der Waals surface area contributed by atoms with Crippen molar-refractivity contribution < 1.29 is 9.90 Å². The van der Waals surface area contributed by atoms with Crippen molar-refractivity contribution in [2.75, 3.05) is 5.73 Å². The Kier molecular flexibility index (Phi) is 4.71. The summed E-state index contributed by atoms with van der Waals surface area (Å²) in [4.78, 5) is 15.2. The van der Waals surface area contributed by atoms with E-state index < -0.39 is 5.97 Å². The molecule has 4 nitrogen and oxygen atoms in total. The number of allylic oxidation sites excluding steroid dienone is 1. The second-order valence-electron chi connectivity index (χ2n) is 6.95. The molecule has 0 aliphatic heterocycles. The van der Waals surface area contributed by atoms with Gasteiger partial charge in [0.1, 0.15) is 0 Å². The fourth-order valence-electron chi connectivity index (χ4n) is 3.23. The molecule has 0 bridgehead atoms. The Morgan fingerprint density at radius 3 is 2.71 bits per heavy atom. The van der Waals surface area contributed by atoms with E-state index in [1.807, 2.05) is 11.5 Å². The standard InChI is InChI=1S/C16H24N2O2S/c1-16(2,3)11-6-4-10(5-7-14(19)20)12(8-11)13-9-21-15(17)18-13/h5,7,9-12H,4,6,8H2,1-3H3,(H2,17,18)(H,19,20)/b7-5-/t10?,11-,12+/m0/s1. The normalized spacial score (nSPS) is 27.1. The Bertz CT molecular complexity index is 531. The molecular formula is C16H24N2O2S. The van der Waals surface area contributed by atoms with Crippen molar-refractivity contribution in [3.05, 3.63) is 23.2 Å². The maximum absolute atomic E-state index is 10.8. The van der Waals surface area contributed by atoms with Crippen molar-refractivity contribution in [2.45, 2.75) is 46.0 Å². The summed E-state index contributed by atoms with van der Waals surface area (Å²) in [5.74, 6) is 0.248. The third-order valence-corrected chi connectivity index (χ3v) is 5.23. The van der Waals surface area contributed by atoms with E-state index >= 15 is 0 Å². The lowest BCUT2D eigenvalue weighted by Gasteiger charge is -2.40. The highest BCUT2D eigenvalue weighted by atomic mass is 32.1. The molecule has 3 N–H and O–H groups in total. The van der Waals surface area contributed by atoms with E-state index in [9.17, 15) is 4.79 Å². The van der Waals surface area contributed by atoms with Crippen LogP contribution >= 0.6 is 11.3 Å². The van der Waals surface area contributed by atoms with Crippen molar-refractivity contribution in [3.8, 4) is 0 Å². The van der Waals surface area contributed by atoms with Crippen LogP contribution in [0.5, 0.6) is 0 Å². The first-order valence-corrected chi connectivity index (χ1v) is 8.27. The van der Waals surface area contributed by atoms with Gasteiger partial charge in [0, 0.05) is 17.4 Å². The molecule has 0 saturated heterocycles. The Morgan fingerprint density at radius 1 is 1.48 bits per heavy atom. The molecule has 3 atom stereocenters. The molecule has 0 amide bonds. The molecular weight excluding hydrogens is 284 g/mol. The third kappa shape index (κ3) is 4.06. The zero-order valence-electron chi connectivity index (χ0n) is 12.9. The Morgan fingerprint density at radius 2 is 2.19 bits per heavy atom. The monoisotopic (exact) mass is 308 g/mol. The van der Waals surface area contributed by atoms with Crippen molar-refractivity contribution in [1.29, 1.82) is 0 Å². The third-order valence-electron chi connectivity index (χ3n) is 4.53. The van der Waals surface area contributed by atoms with Crippen LogP contribution in [-0.2, 0) is 4.79 Å². The number of hydrogen-bond acceptors (Lipinski definition) is 4. The minimum absolute atomic E-state index is 0.237. The van der Waals surface area contributed by atoms with Gasteiger partial charge in [0.2, 0.25) is 0 Å². The molecule has 0 aromatic carbocycles. The number of rotatable bonds is 3. The maximum atomic E-state index is 10.8. The molecule has 0 radical (unpaired) electrons. The molecule has 5 heteroatoms. The van der Waals surface area contributed by atoms with Crippen LogP contribution in [-0.4, -0.2) is 16.1 Å². The molecule has 1 fully saturated rings. The van der Waals surface area contributed by atoms with E-state index in [-0.39, 0.29) is 17.3 Å². The summed E-state index contributed by atoms with van der Waals surface area (Å²) in [5, 5.41) is 11.5. The number of carboxylic acids is 1. The fourth-order valence-corrected chi connectivity index (χ4v) is 3.85. The largest absolute Gasteiger partial charge is 0.478 e. The minimum Gasteiger partial charge on any atom is -0.478 e. The van der Waals surface area contributed by atoms with Gasteiger partial charge in [-0.3, -0.25) is 0 Å². The molecule has 1 aliphatic carbocycles. The number of nitrogen functional groups attached to an aromatic ring is 1. The number of thiazole rings is 1. The van der Waals surface area contributed by atoms with Crippen LogP contribution in [0.25, 0.3) is 0 Å². The van der Waals surface area contributed by atoms with Crippen LogP contribution in [0.15, 0.2) is 17.5 Å². The summed E-state index contributed by atoms with van der Waals surface area (Å²) in [6.07, 6.45) is 6.29. The number of carboxylic acid groups (broad SMARTS) is 1. The SMILES string of the molecule is CC(C)(C)[C@H]1CCC(/C=C\C(=O)O)[C@H](c2csc(N)n2)C1. The quantitative estimate of drug-likeness (QED) is 0.830. The van der Waals surface area contributed by atoms with E-state index in [4.69, 9.17) is 10.8 Å². The molecule has 1 aromatic rings. The summed E-state index contributed by atoms with van der Waals surface area (Å²) in [6, 6.07) is 0. The van der Waals surface area contributed by atoms with Gasteiger partial charge in [0.05, 0.1) is 5.69 Å². The van der Waals surface area contributed by atoms with Crippen molar-refractivity contribution >= 4 is 22.4 Å². The van der Waals surface area contributed by atoms with Gasteiger partial charge in [-0.1, -0.05) is 26.8 Å². The predicted molar refractivity (Wildman–Crippen MR) is 86.3 cm³/mol. The van der Waals surface area contributed by atoms with Crippen LogP contribution in [0, 0.1) is 17.3 Å². The molecule has 1 aliphatic rings. The van der Waals surface area contributed by atoms with Crippen molar-refractivity contribution in [2.24, 2.45) is 17.3 Å². The Balaban J connectivity index is 2.23. The number of anilines is 1. The zero-order chi connectivity index (χ0) is 15.6. The van der Waals surface area contributed by atoms with Crippen LogP contribution in [0.2, 0.25) is 0 Å². The lowest BCUT2D eigenvalue weighted by Crippen LogP contribution is -2.30. The topological polar surface area (TPSA) is 76.2 Å². The number of aromatic nitrogens is 1. The van der Waals surface area contributed by atoms with Gasteiger partial charge in [-0.2, -0.15) is 0 Å². The molecule has 116 valence electrons. The molecule has 2 rings (SSSR count). The Hall–Kier alpha value is -1.36. The lowest BCUT2D eigenvalue weighted by molar-refractivity contribution is -0.131. The van der Waals surface area contributed by atoms with Gasteiger partial charge in [0.25, 0.3) is 0 Å². The van der Waals surface area contributed by atoms with Gasteiger partial charge in [-0.25, -0.2) is 9.78 Å². The zero-order valence-corrected chi connectivity index (χ0v) is 13.7. The van der Waals surface area contributed by atoms with E-state index in [0.29, 0.717) is 11.0 Å². The van der Waals surface area contributed by atoms with Crippen LogP contribution < -0.4 is 5.73 Å². The molecule has 1 heterocycles. The molecule has 1 aromatic heterocycles. The molecule has 21 heavy (non-hydrogen) atoms. The Labute approximate surface area is 130 Å². The van der Waals surface area contributed by atoms with Gasteiger partial charge in [-0.15, -0.1) is 11.3 Å². The van der Waals surface area contributed by atoms with Crippen LogP contribution in [0.4, 0.5) is 5.13 Å². The summed E-state index contributed by atoms with van der Waals surface area (Å²) in [5.41, 5.74) is 7.05. The molecule has 1 saturated carbocycles. The first-order valence-electron chi connectivity index (χ1n) is 7.39. The lowest BCUT2D eigenvalue weighted by atomic mass is 9.65. The smallest absolute Gasteiger partial charge is 0.327 e. The summed E-state index contributed by atoms with van der Waals surface area (Å²) in [6.45, 7) is 6.83. The summed E-state index contributed by atoms with van der Waals surface area (Å²) >= 11 is 1.46. The van der Waals surface area contributed by atoms with Crippen LogP contribution in [0.3, 0.4) is 0 Å². The predicted octanol–water partition coefficient (Wildman–Crippen LogP) is 3.91. The molecule has 1 unspecified atom stereocenters. The average Bonchev–Trinajstić information content (AvgIpc) is 2.81. The van der Waals surface area contributed by atoms with Gasteiger partial charge >= 0.3 is 5.97 Å².